The number of nitrogens with one attached hydrogen (secondary N) is 2. The zero-order valence-corrected chi connectivity index (χ0v) is 29.4. The molecule has 22 heteroatoms. The fourth-order valence-electron chi connectivity index (χ4n) is 5.10. The summed E-state index contributed by atoms with van der Waals surface area (Å²) in [5, 5.41) is 9.36. The number of sulfone groups is 2. The summed E-state index contributed by atoms with van der Waals surface area (Å²) < 4.78 is 126. The van der Waals surface area contributed by atoms with E-state index >= 15 is 0 Å². The van der Waals surface area contributed by atoms with Crippen molar-refractivity contribution < 1.29 is 53.1 Å². The van der Waals surface area contributed by atoms with E-state index in [0.717, 1.165) is 24.6 Å². The van der Waals surface area contributed by atoms with Crippen molar-refractivity contribution in [1.29, 1.82) is 0 Å². The third-order valence-electron chi connectivity index (χ3n) is 7.31. The van der Waals surface area contributed by atoms with Gasteiger partial charge in [0.1, 0.15) is 11.8 Å². The summed E-state index contributed by atoms with van der Waals surface area (Å²) in [6, 6.07) is 2.71. The Balaban J connectivity index is 0.000000280. The SMILES string of the molecule is CCCC(=O)c1cc2c(=O)n(CS(C)(=O)=O)c(=O)[nH]c2cc1C(F)(F)F.CCCC(O)c1cc2c(=O)n(CS(C)(=O)=O)c(=O)[nH]c2cc1C(F)(F)F. The van der Waals surface area contributed by atoms with Gasteiger partial charge in [0, 0.05) is 24.5 Å². The number of aromatic nitrogens is 4. The van der Waals surface area contributed by atoms with Gasteiger partial charge in [0.05, 0.1) is 39.0 Å². The molecule has 0 fully saturated rings. The van der Waals surface area contributed by atoms with Gasteiger partial charge in [-0.05, 0) is 42.7 Å². The highest BCUT2D eigenvalue weighted by Gasteiger charge is 2.37. The van der Waals surface area contributed by atoms with Crippen LogP contribution >= 0.6 is 0 Å². The van der Waals surface area contributed by atoms with Crippen molar-refractivity contribution in [2.75, 3.05) is 12.5 Å². The van der Waals surface area contributed by atoms with Crippen LogP contribution in [-0.2, 0) is 43.8 Å². The number of benzene rings is 2. The average Bonchev–Trinajstić information content (AvgIpc) is 2.99. The Morgan fingerprint density at radius 3 is 1.54 bits per heavy atom. The van der Waals surface area contributed by atoms with E-state index in [4.69, 9.17) is 0 Å². The predicted octanol–water partition coefficient (Wildman–Crippen LogP) is 3.24. The Morgan fingerprint density at radius 2 is 1.15 bits per heavy atom. The van der Waals surface area contributed by atoms with Gasteiger partial charge >= 0.3 is 23.7 Å². The highest BCUT2D eigenvalue weighted by molar-refractivity contribution is 7.89. The van der Waals surface area contributed by atoms with E-state index in [1.165, 1.54) is 0 Å². The van der Waals surface area contributed by atoms with E-state index in [1.807, 2.05) is 0 Å². The first kappa shape index (κ1) is 41.8. The predicted molar refractivity (Wildman–Crippen MR) is 176 cm³/mol. The molecule has 2 heterocycles. The fourth-order valence-corrected chi connectivity index (χ4v) is 6.51. The van der Waals surface area contributed by atoms with Gasteiger partial charge in [-0.25, -0.2) is 35.6 Å². The van der Waals surface area contributed by atoms with Gasteiger partial charge in [-0.2, -0.15) is 26.3 Å². The maximum absolute atomic E-state index is 13.3. The number of fused-ring (bicyclic) bond motifs is 2. The molecule has 0 aliphatic carbocycles. The molecule has 0 saturated carbocycles. The maximum Gasteiger partial charge on any atom is 0.417 e. The number of aliphatic hydroxyl groups excluding tert-OH is 1. The molecule has 3 N–H and O–H groups in total. The smallest absolute Gasteiger partial charge is 0.388 e. The summed E-state index contributed by atoms with van der Waals surface area (Å²) in [6.07, 6.45) is -8.94. The molecule has 4 rings (SSSR count). The lowest BCUT2D eigenvalue weighted by atomic mass is 9.97. The minimum Gasteiger partial charge on any atom is -0.388 e. The zero-order chi connectivity index (χ0) is 39.7. The summed E-state index contributed by atoms with van der Waals surface area (Å²) in [4.78, 5) is 64.9. The second-order valence-corrected chi connectivity index (χ2v) is 16.1. The van der Waals surface area contributed by atoms with Gasteiger partial charge in [0.25, 0.3) is 11.1 Å². The Kier molecular flexibility index (Phi) is 12.2. The second kappa shape index (κ2) is 15.2. The van der Waals surface area contributed by atoms with Crippen LogP contribution in [0.4, 0.5) is 26.3 Å². The number of alkyl halides is 6. The number of nitrogens with zero attached hydrogens (tertiary/aromatic N) is 2. The molecule has 0 saturated heterocycles. The first-order valence-corrected chi connectivity index (χ1v) is 19.1. The van der Waals surface area contributed by atoms with Crippen LogP contribution in [0.25, 0.3) is 21.8 Å². The fraction of sp³-hybridized carbons (Fsp3) is 0.433. The Morgan fingerprint density at radius 1 is 0.731 bits per heavy atom. The van der Waals surface area contributed by atoms with E-state index < -0.39 is 106 Å². The average molecular weight is 787 g/mol. The molecular weight excluding hydrogens is 754 g/mol. The molecule has 0 spiro atoms. The maximum atomic E-state index is 13.3. The van der Waals surface area contributed by atoms with Crippen LogP contribution in [0.1, 0.15) is 72.7 Å². The van der Waals surface area contributed by atoms with E-state index in [2.05, 4.69) is 9.97 Å². The largest absolute Gasteiger partial charge is 0.417 e. The summed E-state index contributed by atoms with van der Waals surface area (Å²) in [5.41, 5.74) is -8.86. The van der Waals surface area contributed by atoms with Crippen LogP contribution in [0, 0.1) is 0 Å². The van der Waals surface area contributed by atoms with Gasteiger partial charge in [0.2, 0.25) is 0 Å². The van der Waals surface area contributed by atoms with E-state index in [1.54, 1.807) is 13.8 Å². The van der Waals surface area contributed by atoms with Gasteiger partial charge in [0.15, 0.2) is 25.5 Å². The highest BCUT2D eigenvalue weighted by Crippen LogP contribution is 2.37. The van der Waals surface area contributed by atoms with E-state index in [9.17, 15) is 72.3 Å². The lowest BCUT2D eigenvalue weighted by Gasteiger charge is -2.18. The Labute approximate surface area is 289 Å². The summed E-state index contributed by atoms with van der Waals surface area (Å²) >= 11 is 0. The molecule has 286 valence electrons. The van der Waals surface area contributed by atoms with Crippen LogP contribution in [0.15, 0.2) is 43.4 Å². The van der Waals surface area contributed by atoms with Crippen molar-refractivity contribution in [2.45, 2.75) is 69.7 Å². The van der Waals surface area contributed by atoms with Crippen molar-refractivity contribution in [3.05, 3.63) is 88.2 Å². The molecule has 14 nitrogen and oxygen atoms in total. The van der Waals surface area contributed by atoms with Crippen molar-refractivity contribution in [3.63, 3.8) is 0 Å². The molecule has 52 heavy (non-hydrogen) atoms. The first-order chi connectivity index (χ1) is 23.7. The number of H-pyrrole nitrogens is 2. The molecule has 0 radical (unpaired) electrons. The highest BCUT2D eigenvalue weighted by atomic mass is 32.2. The number of carbonyl (C=O) groups excluding carboxylic acids is 1. The molecule has 0 aliphatic heterocycles. The Bertz CT molecular complexity index is 2500. The van der Waals surface area contributed by atoms with Crippen molar-refractivity contribution in [1.82, 2.24) is 19.1 Å². The molecule has 0 amide bonds. The standard InChI is InChI=1S/C15H17F3N2O5S.C15H15F3N2O5S/c2*1-3-4-12(21)8-5-9-11(6-10(8)15(16,17)18)19-14(23)20(13(9)22)7-26(2,24)25/h5-6,12,21H,3-4,7H2,1-2H3,(H,19,23);5-6H,3-4,7H2,1-2H3,(H,19,23). The molecule has 2 aromatic carbocycles. The van der Waals surface area contributed by atoms with Gasteiger partial charge in [-0.15, -0.1) is 0 Å². The Hall–Kier alpha value is -4.57. The second-order valence-electron chi connectivity index (χ2n) is 11.8. The minimum atomic E-state index is -4.87. The normalized spacial score (nSPS) is 13.2. The number of Topliss-reactive ketones (excluding diaryl/α,β-unsaturated/α-hetero) is 1. The van der Waals surface area contributed by atoms with Gasteiger partial charge in [-0.3, -0.25) is 14.4 Å². The molecular formula is C30H32F6N4O10S2. The molecule has 4 aromatic rings. The monoisotopic (exact) mass is 786 g/mol. The van der Waals surface area contributed by atoms with Crippen LogP contribution in [0.5, 0.6) is 0 Å². The molecule has 1 atom stereocenters. The van der Waals surface area contributed by atoms with E-state index in [0.29, 0.717) is 34.1 Å². The first-order valence-electron chi connectivity index (χ1n) is 15.0. The zero-order valence-electron chi connectivity index (χ0n) is 27.7. The number of hydrogen-bond donors (Lipinski definition) is 3. The number of hydrogen-bond acceptors (Lipinski definition) is 10. The van der Waals surface area contributed by atoms with Crippen molar-refractivity contribution in [2.24, 2.45) is 0 Å². The summed E-state index contributed by atoms with van der Waals surface area (Å²) in [7, 11) is -7.50. The topological polar surface area (TPSA) is 215 Å². The van der Waals surface area contributed by atoms with E-state index in [-0.39, 0.29) is 29.1 Å². The van der Waals surface area contributed by atoms with Gasteiger partial charge in [-0.1, -0.05) is 20.3 Å². The van der Waals surface area contributed by atoms with Gasteiger partial charge < -0.3 is 15.1 Å². The van der Waals surface area contributed by atoms with Crippen molar-refractivity contribution >= 4 is 47.3 Å². The number of rotatable bonds is 10. The van der Waals surface area contributed by atoms with Crippen LogP contribution in [0.2, 0.25) is 0 Å². The van der Waals surface area contributed by atoms with Crippen LogP contribution in [-0.4, -0.2) is 59.3 Å². The number of aliphatic hydroxyl groups is 1. The number of carbonyl (C=O) groups is 1. The number of aromatic amines is 2. The van der Waals surface area contributed by atoms with Crippen LogP contribution in [0.3, 0.4) is 0 Å². The van der Waals surface area contributed by atoms with Crippen molar-refractivity contribution in [3.8, 4) is 0 Å². The molecule has 0 aliphatic rings. The molecule has 2 aromatic heterocycles. The molecule has 1 unspecified atom stereocenters. The third kappa shape index (κ3) is 9.85. The third-order valence-corrected chi connectivity index (χ3v) is 8.76. The number of ketones is 1. The molecule has 0 bridgehead atoms. The lowest BCUT2D eigenvalue weighted by Crippen LogP contribution is -2.37. The minimum absolute atomic E-state index is 0.0372. The quantitative estimate of drug-likeness (QED) is 0.158. The lowest BCUT2D eigenvalue weighted by molar-refractivity contribution is -0.139. The van der Waals surface area contributed by atoms with Crippen LogP contribution < -0.4 is 22.5 Å². The summed E-state index contributed by atoms with van der Waals surface area (Å²) in [6.45, 7) is 3.29. The summed E-state index contributed by atoms with van der Waals surface area (Å²) in [5.74, 6) is -2.65. The number of halogens is 6.